The van der Waals surface area contributed by atoms with Gasteiger partial charge in [-0.1, -0.05) is 6.07 Å². The van der Waals surface area contributed by atoms with Gasteiger partial charge in [-0.05, 0) is 67.1 Å². The van der Waals surface area contributed by atoms with E-state index in [9.17, 15) is 17.6 Å². The van der Waals surface area contributed by atoms with Gasteiger partial charge in [-0.3, -0.25) is 4.79 Å². The summed E-state index contributed by atoms with van der Waals surface area (Å²) in [6.07, 6.45) is 3.31. The molecule has 0 saturated carbocycles. The predicted octanol–water partition coefficient (Wildman–Crippen LogP) is 3.14. The Bertz CT molecular complexity index is 1060. The molecule has 0 bridgehead atoms. The van der Waals surface area contributed by atoms with Gasteiger partial charge in [0.2, 0.25) is 15.9 Å². The zero-order valence-corrected chi connectivity index (χ0v) is 17.8. The lowest BCUT2D eigenvalue weighted by molar-refractivity contribution is -0.118. The number of ether oxygens (including phenoxy) is 1. The van der Waals surface area contributed by atoms with Crippen LogP contribution in [0.25, 0.3) is 0 Å². The summed E-state index contributed by atoms with van der Waals surface area (Å²) >= 11 is 0. The molecule has 30 heavy (non-hydrogen) atoms. The SMILES string of the molecule is COc1ccc(CC(=O)N2CCCc3cc(S(=O)(=O)N4CCCC4)ccc32)cc1F. The quantitative estimate of drug-likeness (QED) is 0.728. The summed E-state index contributed by atoms with van der Waals surface area (Å²) in [6, 6.07) is 9.52. The number of carbonyl (C=O) groups excluding carboxylic acids is 1. The molecule has 2 heterocycles. The molecular formula is C22H25FN2O4S. The largest absolute Gasteiger partial charge is 0.494 e. The van der Waals surface area contributed by atoms with Crippen molar-refractivity contribution in [1.29, 1.82) is 0 Å². The third-order valence-corrected chi connectivity index (χ3v) is 7.64. The third kappa shape index (κ3) is 3.94. The van der Waals surface area contributed by atoms with Crippen LogP contribution in [0.3, 0.4) is 0 Å². The first kappa shape index (κ1) is 20.8. The highest BCUT2D eigenvalue weighted by Gasteiger charge is 2.29. The number of amides is 1. The maximum atomic E-state index is 14.0. The summed E-state index contributed by atoms with van der Waals surface area (Å²) in [7, 11) is -2.10. The van der Waals surface area contributed by atoms with E-state index in [2.05, 4.69) is 0 Å². The zero-order valence-electron chi connectivity index (χ0n) is 16.9. The molecule has 2 aromatic carbocycles. The number of sulfonamides is 1. The van der Waals surface area contributed by atoms with E-state index in [1.54, 1.807) is 29.2 Å². The monoisotopic (exact) mass is 432 g/mol. The Morgan fingerprint density at radius 1 is 1.07 bits per heavy atom. The fourth-order valence-corrected chi connectivity index (χ4v) is 5.73. The minimum absolute atomic E-state index is 0.0637. The second kappa shape index (κ2) is 8.35. The Morgan fingerprint density at radius 2 is 1.83 bits per heavy atom. The Morgan fingerprint density at radius 3 is 2.53 bits per heavy atom. The van der Waals surface area contributed by atoms with E-state index in [4.69, 9.17) is 4.74 Å². The molecule has 0 radical (unpaired) electrons. The summed E-state index contributed by atoms with van der Waals surface area (Å²) in [5, 5.41) is 0. The second-order valence-corrected chi connectivity index (χ2v) is 9.63. The normalized spacial score (nSPS) is 17.1. The van der Waals surface area contributed by atoms with Gasteiger partial charge in [0.1, 0.15) is 0 Å². The first-order valence-corrected chi connectivity index (χ1v) is 11.6. The van der Waals surface area contributed by atoms with Crippen LogP contribution in [-0.4, -0.2) is 45.4 Å². The van der Waals surface area contributed by atoms with Crippen LogP contribution in [0.1, 0.15) is 30.4 Å². The second-order valence-electron chi connectivity index (χ2n) is 7.70. The topological polar surface area (TPSA) is 66.9 Å². The van der Waals surface area contributed by atoms with Gasteiger partial charge >= 0.3 is 0 Å². The average molecular weight is 433 g/mol. The van der Waals surface area contributed by atoms with Gasteiger partial charge in [0.15, 0.2) is 11.6 Å². The lowest BCUT2D eigenvalue weighted by atomic mass is 10.0. The fraction of sp³-hybridized carbons (Fsp3) is 0.409. The molecule has 0 unspecified atom stereocenters. The molecule has 2 aromatic rings. The van der Waals surface area contributed by atoms with E-state index in [1.165, 1.54) is 23.5 Å². The molecule has 8 heteroatoms. The van der Waals surface area contributed by atoms with Crippen molar-refractivity contribution in [2.45, 2.75) is 37.0 Å². The lowest BCUT2D eigenvalue weighted by Crippen LogP contribution is -2.36. The molecule has 2 aliphatic heterocycles. The molecule has 0 spiro atoms. The van der Waals surface area contributed by atoms with E-state index in [1.807, 2.05) is 0 Å². The maximum Gasteiger partial charge on any atom is 0.243 e. The van der Waals surface area contributed by atoms with Gasteiger partial charge in [0.25, 0.3) is 0 Å². The van der Waals surface area contributed by atoms with E-state index >= 15 is 0 Å². The molecule has 160 valence electrons. The Kier molecular flexibility index (Phi) is 5.79. The Hall–Kier alpha value is -2.45. The lowest BCUT2D eigenvalue weighted by Gasteiger charge is -2.30. The number of methoxy groups -OCH3 is 1. The highest BCUT2D eigenvalue weighted by molar-refractivity contribution is 7.89. The standard InChI is InChI=1S/C22H25FN2O4S/c1-29-21-9-6-16(13-19(21)23)14-22(26)25-12-4-5-17-15-18(7-8-20(17)25)30(27,28)24-10-2-3-11-24/h6-9,13,15H,2-5,10-12,14H2,1H3. The molecule has 0 atom stereocenters. The molecule has 1 amide bonds. The molecule has 0 aliphatic carbocycles. The van der Waals surface area contributed by atoms with E-state index in [-0.39, 0.29) is 23.0 Å². The van der Waals surface area contributed by atoms with Gasteiger partial charge in [0.05, 0.1) is 18.4 Å². The van der Waals surface area contributed by atoms with Crippen LogP contribution in [0.2, 0.25) is 0 Å². The highest BCUT2D eigenvalue weighted by atomic mass is 32.2. The van der Waals surface area contributed by atoms with Gasteiger partial charge in [0, 0.05) is 25.3 Å². The number of nitrogens with zero attached hydrogens (tertiary/aromatic N) is 2. The van der Waals surface area contributed by atoms with Crippen LogP contribution < -0.4 is 9.64 Å². The molecule has 2 aliphatic rings. The molecule has 0 N–H and O–H groups in total. The predicted molar refractivity (Wildman–Crippen MR) is 112 cm³/mol. The fourth-order valence-electron chi connectivity index (χ4n) is 4.16. The molecule has 4 rings (SSSR count). The van der Waals surface area contributed by atoms with Gasteiger partial charge in [-0.25, -0.2) is 12.8 Å². The van der Waals surface area contributed by atoms with Gasteiger partial charge in [-0.2, -0.15) is 4.31 Å². The van der Waals surface area contributed by atoms with Crippen molar-refractivity contribution in [3.8, 4) is 5.75 Å². The molecular weight excluding hydrogens is 407 g/mol. The summed E-state index contributed by atoms with van der Waals surface area (Å²) in [4.78, 5) is 14.9. The summed E-state index contributed by atoms with van der Waals surface area (Å²) in [5.74, 6) is -0.504. The number of aryl methyl sites for hydroxylation is 1. The van der Waals surface area contributed by atoms with Crippen LogP contribution in [0.5, 0.6) is 5.75 Å². The number of hydrogen-bond donors (Lipinski definition) is 0. The number of halogens is 1. The van der Waals surface area contributed by atoms with Crippen LogP contribution in [0.4, 0.5) is 10.1 Å². The molecule has 1 saturated heterocycles. The van der Waals surface area contributed by atoms with Crippen molar-refractivity contribution in [3.63, 3.8) is 0 Å². The summed E-state index contributed by atoms with van der Waals surface area (Å²) in [5.41, 5.74) is 2.16. The van der Waals surface area contributed by atoms with E-state index in [0.717, 1.165) is 36.9 Å². The number of benzene rings is 2. The highest BCUT2D eigenvalue weighted by Crippen LogP contribution is 2.32. The van der Waals surface area contributed by atoms with Gasteiger partial charge < -0.3 is 9.64 Å². The molecule has 0 aromatic heterocycles. The number of anilines is 1. The van der Waals surface area contributed by atoms with Crippen molar-refractivity contribution in [2.75, 3.05) is 31.6 Å². The van der Waals surface area contributed by atoms with Crippen molar-refractivity contribution in [2.24, 2.45) is 0 Å². The summed E-state index contributed by atoms with van der Waals surface area (Å²) < 4.78 is 46.1. The Balaban J connectivity index is 1.56. The summed E-state index contributed by atoms with van der Waals surface area (Å²) in [6.45, 7) is 1.67. The minimum Gasteiger partial charge on any atom is -0.494 e. The number of carbonyl (C=O) groups is 1. The van der Waals surface area contributed by atoms with Gasteiger partial charge in [-0.15, -0.1) is 0 Å². The number of rotatable bonds is 5. The Labute approximate surface area is 176 Å². The third-order valence-electron chi connectivity index (χ3n) is 5.75. The zero-order chi connectivity index (χ0) is 21.3. The molecule has 6 nitrogen and oxygen atoms in total. The number of hydrogen-bond acceptors (Lipinski definition) is 4. The first-order chi connectivity index (χ1) is 14.4. The average Bonchev–Trinajstić information content (AvgIpc) is 3.29. The first-order valence-electron chi connectivity index (χ1n) is 10.2. The van der Waals surface area contributed by atoms with Crippen molar-refractivity contribution in [3.05, 3.63) is 53.3 Å². The molecule has 1 fully saturated rings. The number of fused-ring (bicyclic) bond motifs is 1. The maximum absolute atomic E-state index is 14.0. The minimum atomic E-state index is -3.49. The van der Waals surface area contributed by atoms with Crippen molar-refractivity contribution >= 4 is 21.6 Å². The smallest absolute Gasteiger partial charge is 0.243 e. The van der Waals surface area contributed by atoms with Crippen LogP contribution in [0, 0.1) is 5.82 Å². The van der Waals surface area contributed by atoms with Crippen LogP contribution >= 0.6 is 0 Å². The van der Waals surface area contributed by atoms with Crippen LogP contribution in [-0.2, 0) is 27.7 Å². The van der Waals surface area contributed by atoms with E-state index in [0.29, 0.717) is 25.2 Å². The van der Waals surface area contributed by atoms with E-state index < -0.39 is 15.8 Å². The van der Waals surface area contributed by atoms with Crippen molar-refractivity contribution in [1.82, 2.24) is 4.31 Å². The van der Waals surface area contributed by atoms with Crippen molar-refractivity contribution < 1.29 is 22.3 Å². The van der Waals surface area contributed by atoms with Crippen LogP contribution in [0.15, 0.2) is 41.3 Å².